The topological polar surface area (TPSA) is 17.8 Å². The van der Waals surface area contributed by atoms with Crippen LogP contribution in [0.15, 0.2) is 85.1 Å². The lowest BCUT2D eigenvalue weighted by atomic mass is 10.0. The molecule has 0 amide bonds. The molecule has 0 saturated carbocycles. The highest BCUT2D eigenvalue weighted by atomic mass is 15.0. The van der Waals surface area contributed by atoms with Crippen molar-refractivity contribution in [3.63, 3.8) is 0 Å². The Balaban J connectivity index is 1.78. The fourth-order valence-corrected chi connectivity index (χ4v) is 4.01. The van der Waals surface area contributed by atoms with Crippen LogP contribution in [0.5, 0.6) is 0 Å². The summed E-state index contributed by atoms with van der Waals surface area (Å²) in [5.41, 5.74) is 8.29. The molecule has 0 aliphatic heterocycles. The molecule has 0 aliphatic carbocycles. The van der Waals surface area contributed by atoms with Gasteiger partial charge in [-0.1, -0.05) is 60.2 Å². The van der Waals surface area contributed by atoms with Gasteiger partial charge in [0, 0.05) is 28.2 Å². The molecule has 0 aliphatic rings. The molecule has 0 spiro atoms. The summed E-state index contributed by atoms with van der Waals surface area (Å²) in [4.78, 5) is 4.66. The van der Waals surface area contributed by atoms with Gasteiger partial charge in [0.1, 0.15) is 0 Å². The predicted molar refractivity (Wildman–Crippen MR) is 113 cm³/mol. The van der Waals surface area contributed by atoms with Crippen molar-refractivity contribution < 1.29 is 0 Å². The Morgan fingerprint density at radius 1 is 0.704 bits per heavy atom. The molecule has 2 heterocycles. The molecule has 0 unspecified atom stereocenters. The molecule has 0 bridgehead atoms. The standard InChI is InChI=1S/C25H20N2/c1-17-11-12-20(18(2)15-17)23-16-19(13-14-26-23)27-24-9-5-3-7-21(24)22-8-4-6-10-25(22)27/h3-16H,1-2H3. The minimum absolute atomic E-state index is 1.01. The smallest absolute Gasteiger partial charge is 0.0725 e. The summed E-state index contributed by atoms with van der Waals surface area (Å²) in [5, 5.41) is 2.55. The van der Waals surface area contributed by atoms with Crippen LogP contribution in [0.3, 0.4) is 0 Å². The molecule has 130 valence electrons. The highest BCUT2D eigenvalue weighted by Gasteiger charge is 2.12. The zero-order valence-corrected chi connectivity index (χ0v) is 15.5. The maximum atomic E-state index is 4.66. The molecule has 5 rings (SSSR count). The van der Waals surface area contributed by atoms with Crippen LogP contribution in [0, 0.1) is 13.8 Å². The van der Waals surface area contributed by atoms with Crippen LogP contribution in [0.1, 0.15) is 11.1 Å². The van der Waals surface area contributed by atoms with E-state index in [0.717, 1.165) is 11.4 Å². The number of pyridine rings is 1. The van der Waals surface area contributed by atoms with Crippen LogP contribution >= 0.6 is 0 Å². The number of aryl methyl sites for hydroxylation is 2. The molecule has 0 saturated heterocycles. The molecule has 3 aromatic carbocycles. The van der Waals surface area contributed by atoms with E-state index in [4.69, 9.17) is 0 Å². The summed E-state index contributed by atoms with van der Waals surface area (Å²) >= 11 is 0. The van der Waals surface area contributed by atoms with Crippen molar-refractivity contribution in [3.8, 4) is 16.9 Å². The molecule has 0 radical (unpaired) electrons. The lowest BCUT2D eigenvalue weighted by Crippen LogP contribution is -1.96. The van der Waals surface area contributed by atoms with Crippen molar-refractivity contribution in [2.45, 2.75) is 13.8 Å². The van der Waals surface area contributed by atoms with Crippen LogP contribution in [-0.4, -0.2) is 9.55 Å². The van der Waals surface area contributed by atoms with Crippen molar-refractivity contribution in [2.24, 2.45) is 0 Å². The Morgan fingerprint density at radius 3 is 2.04 bits per heavy atom. The Kier molecular flexibility index (Phi) is 3.58. The second-order valence-electron chi connectivity index (χ2n) is 7.09. The summed E-state index contributed by atoms with van der Waals surface area (Å²) in [6.07, 6.45) is 1.91. The largest absolute Gasteiger partial charge is 0.309 e. The van der Waals surface area contributed by atoms with Gasteiger partial charge in [0.15, 0.2) is 0 Å². The van der Waals surface area contributed by atoms with Crippen LogP contribution in [0.2, 0.25) is 0 Å². The minimum Gasteiger partial charge on any atom is -0.309 e. The molecule has 2 heteroatoms. The van der Waals surface area contributed by atoms with Crippen LogP contribution in [0.25, 0.3) is 38.8 Å². The zero-order valence-electron chi connectivity index (χ0n) is 15.5. The van der Waals surface area contributed by atoms with Gasteiger partial charge in [-0.3, -0.25) is 4.98 Å². The van der Waals surface area contributed by atoms with E-state index in [1.807, 2.05) is 6.20 Å². The summed E-state index contributed by atoms with van der Waals surface area (Å²) in [5.74, 6) is 0. The first-order valence-corrected chi connectivity index (χ1v) is 9.24. The van der Waals surface area contributed by atoms with Crippen molar-refractivity contribution in [2.75, 3.05) is 0 Å². The van der Waals surface area contributed by atoms with Gasteiger partial charge < -0.3 is 4.57 Å². The first-order chi connectivity index (χ1) is 13.2. The van der Waals surface area contributed by atoms with E-state index in [9.17, 15) is 0 Å². The fourth-order valence-electron chi connectivity index (χ4n) is 4.01. The summed E-state index contributed by atoms with van der Waals surface area (Å²) in [6.45, 7) is 4.27. The maximum Gasteiger partial charge on any atom is 0.0725 e. The van der Waals surface area contributed by atoms with Crippen molar-refractivity contribution in [1.82, 2.24) is 9.55 Å². The zero-order chi connectivity index (χ0) is 18.4. The molecular weight excluding hydrogens is 328 g/mol. The molecule has 27 heavy (non-hydrogen) atoms. The van der Waals surface area contributed by atoms with Gasteiger partial charge in [0.2, 0.25) is 0 Å². The van der Waals surface area contributed by atoms with E-state index in [1.54, 1.807) is 0 Å². The second-order valence-corrected chi connectivity index (χ2v) is 7.09. The summed E-state index contributed by atoms with van der Waals surface area (Å²) in [6, 6.07) is 28.0. The number of nitrogens with zero attached hydrogens (tertiary/aromatic N) is 2. The van der Waals surface area contributed by atoms with Gasteiger partial charge >= 0.3 is 0 Å². The van der Waals surface area contributed by atoms with Gasteiger partial charge in [0.25, 0.3) is 0 Å². The molecule has 0 fully saturated rings. The molecule has 0 N–H and O–H groups in total. The van der Waals surface area contributed by atoms with Gasteiger partial charge in [-0.2, -0.15) is 0 Å². The number of aromatic nitrogens is 2. The van der Waals surface area contributed by atoms with Crippen molar-refractivity contribution in [3.05, 3.63) is 96.2 Å². The minimum atomic E-state index is 1.01. The molecular formula is C25H20N2. The number of para-hydroxylation sites is 2. The van der Waals surface area contributed by atoms with Gasteiger partial charge in [-0.05, 0) is 43.7 Å². The molecule has 0 atom stereocenters. The number of hydrogen-bond acceptors (Lipinski definition) is 1. The Labute approximate surface area is 158 Å². The highest BCUT2D eigenvalue weighted by molar-refractivity contribution is 6.09. The number of hydrogen-bond donors (Lipinski definition) is 0. The fraction of sp³-hybridized carbons (Fsp3) is 0.0800. The lowest BCUT2D eigenvalue weighted by molar-refractivity contribution is 1.15. The van der Waals surface area contributed by atoms with E-state index in [-0.39, 0.29) is 0 Å². The quantitative estimate of drug-likeness (QED) is 0.358. The van der Waals surface area contributed by atoms with Gasteiger partial charge in [0.05, 0.1) is 16.7 Å². The third kappa shape index (κ3) is 2.53. The number of fused-ring (bicyclic) bond motifs is 3. The Bertz CT molecular complexity index is 1240. The number of rotatable bonds is 2. The van der Waals surface area contributed by atoms with E-state index < -0.39 is 0 Å². The average Bonchev–Trinajstić information content (AvgIpc) is 3.03. The van der Waals surface area contributed by atoms with Crippen LogP contribution in [0.4, 0.5) is 0 Å². The van der Waals surface area contributed by atoms with E-state index in [1.165, 1.54) is 38.5 Å². The SMILES string of the molecule is Cc1ccc(-c2cc(-n3c4ccccc4c4ccccc43)ccn2)c(C)c1. The first-order valence-electron chi connectivity index (χ1n) is 9.24. The Morgan fingerprint density at radius 2 is 1.37 bits per heavy atom. The summed E-state index contributed by atoms with van der Waals surface area (Å²) < 4.78 is 2.33. The predicted octanol–water partition coefficient (Wildman–Crippen LogP) is 6.46. The maximum absolute atomic E-state index is 4.66. The van der Waals surface area contributed by atoms with Crippen molar-refractivity contribution >= 4 is 21.8 Å². The van der Waals surface area contributed by atoms with E-state index in [0.29, 0.717) is 0 Å². The Hall–Kier alpha value is -3.39. The highest BCUT2D eigenvalue weighted by Crippen LogP contribution is 2.33. The van der Waals surface area contributed by atoms with Crippen LogP contribution in [-0.2, 0) is 0 Å². The van der Waals surface area contributed by atoms with E-state index in [2.05, 4.69) is 102 Å². The number of benzene rings is 3. The average molecular weight is 348 g/mol. The summed E-state index contributed by atoms with van der Waals surface area (Å²) in [7, 11) is 0. The second kappa shape index (κ2) is 6.10. The van der Waals surface area contributed by atoms with Crippen LogP contribution < -0.4 is 0 Å². The molecule has 2 aromatic heterocycles. The third-order valence-corrected chi connectivity index (χ3v) is 5.24. The van der Waals surface area contributed by atoms with Gasteiger partial charge in [-0.25, -0.2) is 0 Å². The monoisotopic (exact) mass is 348 g/mol. The van der Waals surface area contributed by atoms with Gasteiger partial charge in [-0.15, -0.1) is 0 Å². The molecule has 2 nitrogen and oxygen atoms in total. The first kappa shape index (κ1) is 15.8. The van der Waals surface area contributed by atoms with E-state index >= 15 is 0 Å². The van der Waals surface area contributed by atoms with Crippen molar-refractivity contribution in [1.29, 1.82) is 0 Å². The molecule has 5 aromatic rings. The third-order valence-electron chi connectivity index (χ3n) is 5.24. The lowest BCUT2D eigenvalue weighted by Gasteiger charge is -2.11. The normalized spacial score (nSPS) is 11.3.